The Labute approximate surface area is 181 Å². The van der Waals surface area contributed by atoms with Crippen LogP contribution in [0.25, 0.3) is 11.1 Å². The molecule has 1 N–H and O–H groups in total. The zero-order valence-electron chi connectivity index (χ0n) is 18.1. The first kappa shape index (κ1) is 23.2. The Morgan fingerprint density at radius 3 is 2.32 bits per heavy atom. The maximum absolute atomic E-state index is 12.8. The van der Waals surface area contributed by atoms with E-state index in [1.54, 1.807) is 19.9 Å². The van der Waals surface area contributed by atoms with Crippen LogP contribution in [0.2, 0.25) is 0 Å². The zero-order chi connectivity index (χ0) is 22.9. The van der Waals surface area contributed by atoms with Crippen LogP contribution < -0.4 is 5.30 Å². The second-order valence-corrected chi connectivity index (χ2v) is 9.49. The molecule has 3 rings (SSSR count). The van der Waals surface area contributed by atoms with Crippen LogP contribution in [0.3, 0.4) is 0 Å². The van der Waals surface area contributed by atoms with Crippen molar-refractivity contribution in [2.75, 3.05) is 7.11 Å². The molecule has 0 spiro atoms. The van der Waals surface area contributed by atoms with E-state index in [4.69, 9.17) is 13.8 Å². The minimum absolute atomic E-state index is 0.0302. The highest BCUT2D eigenvalue weighted by Crippen LogP contribution is 2.62. The molecule has 0 bridgehead atoms. The molecule has 31 heavy (non-hydrogen) atoms. The maximum Gasteiger partial charge on any atom is 0.449 e. The number of carbonyl (C=O) groups excluding carboxylic acids is 1. The number of aromatic nitrogens is 1. The molecule has 1 aliphatic rings. The molecule has 0 amide bonds. The standard InChI is InChI=1S/C21H26N2O7P/c1-12-10-11-13(2)30-31(27,29-12)20-15(4)22-14(3)18(21(24)28-5)19(20)16-8-6-7-9-17(16)23(25)26/h6-9,12-13,27H,10-11H2,1-5H3/q+1. The molecule has 9 nitrogen and oxygen atoms in total. The van der Waals surface area contributed by atoms with E-state index in [0.29, 0.717) is 24.2 Å². The molecule has 2 unspecified atom stereocenters. The topological polar surface area (TPSA) is 121 Å². The summed E-state index contributed by atoms with van der Waals surface area (Å²) in [5, 5.41) is 12.0. The molecule has 2 aromatic rings. The van der Waals surface area contributed by atoms with E-state index < -0.39 is 18.8 Å². The van der Waals surface area contributed by atoms with Gasteiger partial charge in [-0.2, -0.15) is 13.9 Å². The fourth-order valence-electron chi connectivity index (χ4n) is 3.84. The van der Waals surface area contributed by atoms with Crippen molar-refractivity contribution in [3.05, 3.63) is 51.3 Å². The summed E-state index contributed by atoms with van der Waals surface area (Å²) < 4.78 is 16.9. The summed E-state index contributed by atoms with van der Waals surface area (Å²) in [6.07, 6.45) is 0.715. The van der Waals surface area contributed by atoms with E-state index in [1.807, 2.05) is 13.8 Å². The Morgan fingerprint density at radius 2 is 1.77 bits per heavy atom. The second kappa shape index (κ2) is 8.96. The Kier molecular flexibility index (Phi) is 6.71. The molecule has 0 aliphatic carbocycles. The summed E-state index contributed by atoms with van der Waals surface area (Å²) in [6.45, 7) is 6.93. The number of ether oxygens (including phenoxy) is 1. The van der Waals surface area contributed by atoms with E-state index in [9.17, 15) is 19.8 Å². The average molecular weight is 449 g/mol. The van der Waals surface area contributed by atoms with Gasteiger partial charge in [0.05, 0.1) is 40.1 Å². The third-order valence-electron chi connectivity index (χ3n) is 5.19. The van der Waals surface area contributed by atoms with Gasteiger partial charge in [0.15, 0.2) is 0 Å². The van der Waals surface area contributed by atoms with Crippen LogP contribution in [0.15, 0.2) is 24.3 Å². The SMILES string of the molecule is COC(=O)c1c(C)nc(C)c([P+]2(O)OC(C)CCC(C)O2)c1-c1ccccc1[N+](=O)[O-]. The number of hydrogen-bond acceptors (Lipinski definition) is 8. The highest BCUT2D eigenvalue weighted by molar-refractivity contribution is 7.69. The van der Waals surface area contributed by atoms with Crippen LogP contribution in [0, 0.1) is 24.0 Å². The van der Waals surface area contributed by atoms with Crippen LogP contribution in [0.1, 0.15) is 48.4 Å². The van der Waals surface area contributed by atoms with E-state index in [2.05, 4.69) is 4.98 Å². The van der Waals surface area contributed by atoms with Gasteiger partial charge in [-0.1, -0.05) is 12.1 Å². The van der Waals surface area contributed by atoms with Gasteiger partial charge in [-0.25, -0.2) is 4.79 Å². The Morgan fingerprint density at radius 1 is 1.19 bits per heavy atom. The summed E-state index contributed by atoms with van der Waals surface area (Å²) in [5.41, 5.74) is 0.811. The lowest BCUT2D eigenvalue weighted by atomic mass is 9.96. The monoisotopic (exact) mass is 449 g/mol. The number of nitro groups is 1. The van der Waals surface area contributed by atoms with Gasteiger partial charge < -0.3 is 4.74 Å². The van der Waals surface area contributed by atoms with Gasteiger partial charge in [-0.05, 0) is 46.6 Å². The molecular weight excluding hydrogens is 423 g/mol. The van der Waals surface area contributed by atoms with Crippen molar-refractivity contribution in [3.8, 4) is 11.1 Å². The lowest BCUT2D eigenvalue weighted by molar-refractivity contribution is -0.384. The lowest BCUT2D eigenvalue weighted by Gasteiger charge is -2.23. The highest BCUT2D eigenvalue weighted by atomic mass is 31.2. The smallest absolute Gasteiger partial charge is 0.449 e. The first-order chi connectivity index (χ1) is 14.6. The fraction of sp³-hybridized carbons (Fsp3) is 0.429. The number of pyridine rings is 1. The Balaban J connectivity index is 2.45. The van der Waals surface area contributed by atoms with Crippen molar-refractivity contribution in [1.82, 2.24) is 4.98 Å². The number of esters is 1. The summed E-state index contributed by atoms with van der Waals surface area (Å²) in [7, 11) is -2.53. The molecule has 2 atom stereocenters. The molecule has 166 valence electrons. The predicted molar refractivity (Wildman–Crippen MR) is 116 cm³/mol. The van der Waals surface area contributed by atoms with Crippen molar-refractivity contribution in [2.24, 2.45) is 0 Å². The van der Waals surface area contributed by atoms with Crippen LogP contribution in [-0.4, -0.2) is 40.1 Å². The van der Waals surface area contributed by atoms with Crippen molar-refractivity contribution in [2.45, 2.75) is 52.7 Å². The number of hydrogen-bond donors (Lipinski definition) is 1. The summed E-state index contributed by atoms with van der Waals surface area (Å²) in [6, 6.07) is 6.03. The number of aryl methyl sites for hydroxylation is 2. The van der Waals surface area contributed by atoms with E-state index in [-0.39, 0.29) is 39.9 Å². The quantitative estimate of drug-likeness (QED) is 0.321. The van der Waals surface area contributed by atoms with E-state index in [0.717, 1.165) is 0 Å². The summed E-state index contributed by atoms with van der Waals surface area (Å²) in [5.74, 6) is -0.720. The van der Waals surface area contributed by atoms with Crippen LogP contribution in [0.5, 0.6) is 0 Å². The largest absolute Gasteiger partial charge is 0.465 e. The highest BCUT2D eigenvalue weighted by Gasteiger charge is 2.54. The molecule has 0 saturated carbocycles. The second-order valence-electron chi connectivity index (χ2n) is 7.58. The molecule has 1 aromatic carbocycles. The fourth-order valence-corrected chi connectivity index (χ4v) is 6.26. The van der Waals surface area contributed by atoms with Crippen LogP contribution in [0.4, 0.5) is 5.69 Å². The van der Waals surface area contributed by atoms with E-state index in [1.165, 1.54) is 25.3 Å². The predicted octanol–water partition coefficient (Wildman–Crippen LogP) is 4.04. The third-order valence-corrected chi connectivity index (χ3v) is 7.60. The van der Waals surface area contributed by atoms with Crippen molar-refractivity contribution >= 4 is 24.9 Å². The molecular formula is C21H26N2O7P+. The number of benzene rings is 1. The number of para-hydroxylation sites is 1. The zero-order valence-corrected chi connectivity index (χ0v) is 19.0. The number of nitrogens with zero attached hydrogens (tertiary/aromatic N) is 2. The molecule has 1 saturated heterocycles. The number of nitro benzene ring substituents is 1. The normalized spacial score (nSPS) is 23.8. The minimum atomic E-state index is -3.75. The van der Waals surface area contributed by atoms with Gasteiger partial charge >= 0.3 is 13.9 Å². The maximum atomic E-state index is 12.8. The van der Waals surface area contributed by atoms with Gasteiger partial charge in [0.25, 0.3) is 5.69 Å². The molecule has 1 aliphatic heterocycles. The summed E-state index contributed by atoms with van der Waals surface area (Å²) >= 11 is 0. The molecule has 1 fully saturated rings. The molecule has 10 heteroatoms. The number of rotatable bonds is 4. The minimum Gasteiger partial charge on any atom is -0.465 e. The average Bonchev–Trinajstić information content (AvgIpc) is 2.83. The Bertz CT molecular complexity index is 1020. The lowest BCUT2D eigenvalue weighted by Crippen LogP contribution is -2.28. The van der Waals surface area contributed by atoms with Gasteiger partial charge in [-0.15, -0.1) is 0 Å². The Hall–Kier alpha value is -2.45. The van der Waals surface area contributed by atoms with Crippen LogP contribution >= 0.6 is 7.94 Å². The van der Waals surface area contributed by atoms with Crippen LogP contribution in [-0.2, 0) is 13.8 Å². The van der Waals surface area contributed by atoms with Gasteiger partial charge in [0.2, 0.25) is 5.30 Å². The molecule has 0 radical (unpaired) electrons. The van der Waals surface area contributed by atoms with Gasteiger partial charge in [0, 0.05) is 6.07 Å². The van der Waals surface area contributed by atoms with Crippen molar-refractivity contribution in [3.63, 3.8) is 0 Å². The third kappa shape index (κ3) is 4.45. The first-order valence-corrected chi connectivity index (χ1v) is 11.5. The van der Waals surface area contributed by atoms with Gasteiger partial charge in [0.1, 0.15) is 12.2 Å². The van der Waals surface area contributed by atoms with Crippen molar-refractivity contribution < 1.29 is 28.4 Å². The molecule has 2 heterocycles. The van der Waals surface area contributed by atoms with Gasteiger partial charge in [-0.3, -0.25) is 15.1 Å². The van der Waals surface area contributed by atoms with Crippen molar-refractivity contribution in [1.29, 1.82) is 0 Å². The molecule has 1 aromatic heterocycles. The van der Waals surface area contributed by atoms with E-state index >= 15 is 0 Å². The number of methoxy groups -OCH3 is 1. The number of carbonyl (C=O) groups is 1. The summed E-state index contributed by atoms with van der Waals surface area (Å²) in [4.78, 5) is 40.2. The first-order valence-electron chi connectivity index (χ1n) is 9.91.